The van der Waals surface area contributed by atoms with Crippen molar-refractivity contribution in [1.82, 2.24) is 9.97 Å². The van der Waals surface area contributed by atoms with Crippen LogP contribution in [0.5, 0.6) is 0 Å². The molecule has 0 saturated carbocycles. The minimum atomic E-state index is 0.340. The summed E-state index contributed by atoms with van der Waals surface area (Å²) in [6.45, 7) is 9.38. The SMILES string of the molecule is CCOCCN(CC)c1nc(N)nc2sc(CC)cc12. The number of anilines is 2. The number of hydrogen-bond donors (Lipinski definition) is 1. The fourth-order valence-electron chi connectivity index (χ4n) is 2.12. The highest BCUT2D eigenvalue weighted by molar-refractivity contribution is 7.18. The van der Waals surface area contributed by atoms with Crippen LogP contribution < -0.4 is 10.6 Å². The first-order chi connectivity index (χ1) is 9.69. The Morgan fingerprint density at radius 2 is 2.10 bits per heavy atom. The van der Waals surface area contributed by atoms with E-state index < -0.39 is 0 Å². The molecular weight excluding hydrogens is 272 g/mol. The molecule has 0 spiro atoms. The first-order valence-corrected chi connectivity index (χ1v) is 7.89. The number of aryl methyl sites for hydroxylation is 1. The maximum absolute atomic E-state index is 5.85. The highest BCUT2D eigenvalue weighted by atomic mass is 32.1. The molecule has 2 rings (SSSR count). The van der Waals surface area contributed by atoms with Crippen LogP contribution in [0.25, 0.3) is 10.2 Å². The number of nitrogens with two attached hydrogens (primary N) is 1. The molecule has 0 aliphatic heterocycles. The molecule has 2 aromatic rings. The minimum absolute atomic E-state index is 0.340. The van der Waals surface area contributed by atoms with E-state index in [1.807, 2.05) is 6.92 Å². The molecule has 5 nitrogen and oxygen atoms in total. The van der Waals surface area contributed by atoms with E-state index in [0.717, 1.165) is 42.2 Å². The van der Waals surface area contributed by atoms with E-state index >= 15 is 0 Å². The van der Waals surface area contributed by atoms with Gasteiger partial charge < -0.3 is 15.4 Å². The molecule has 0 atom stereocenters. The summed E-state index contributed by atoms with van der Waals surface area (Å²) in [6, 6.07) is 2.18. The first-order valence-electron chi connectivity index (χ1n) is 7.08. The van der Waals surface area contributed by atoms with Crippen molar-refractivity contribution in [2.24, 2.45) is 0 Å². The Hall–Kier alpha value is -1.40. The van der Waals surface area contributed by atoms with Gasteiger partial charge in [-0.05, 0) is 26.3 Å². The van der Waals surface area contributed by atoms with Crippen molar-refractivity contribution in [1.29, 1.82) is 0 Å². The number of thiophene rings is 1. The van der Waals surface area contributed by atoms with Crippen LogP contribution in [0.3, 0.4) is 0 Å². The molecule has 0 bridgehead atoms. The highest BCUT2D eigenvalue weighted by Gasteiger charge is 2.15. The Bertz CT molecular complexity index is 570. The zero-order chi connectivity index (χ0) is 14.5. The number of ether oxygens (including phenoxy) is 1. The normalized spacial score (nSPS) is 11.2. The van der Waals surface area contributed by atoms with Crippen molar-refractivity contribution in [3.8, 4) is 0 Å². The van der Waals surface area contributed by atoms with Gasteiger partial charge in [0, 0.05) is 24.6 Å². The summed E-state index contributed by atoms with van der Waals surface area (Å²) in [5, 5.41) is 1.10. The molecule has 2 N–H and O–H groups in total. The molecule has 20 heavy (non-hydrogen) atoms. The number of nitrogens with zero attached hydrogens (tertiary/aromatic N) is 3. The Kier molecular flexibility index (Phi) is 5.14. The largest absolute Gasteiger partial charge is 0.380 e. The van der Waals surface area contributed by atoms with E-state index in [1.165, 1.54) is 4.88 Å². The molecule has 0 fully saturated rings. The summed E-state index contributed by atoms with van der Waals surface area (Å²) in [7, 11) is 0. The van der Waals surface area contributed by atoms with E-state index in [-0.39, 0.29) is 0 Å². The summed E-state index contributed by atoms with van der Waals surface area (Å²) < 4.78 is 5.44. The fourth-order valence-corrected chi connectivity index (χ4v) is 3.09. The minimum Gasteiger partial charge on any atom is -0.380 e. The summed E-state index contributed by atoms with van der Waals surface area (Å²) in [5.74, 6) is 1.26. The Morgan fingerprint density at radius 3 is 2.75 bits per heavy atom. The molecule has 0 aliphatic carbocycles. The number of aromatic nitrogens is 2. The molecule has 2 aromatic heterocycles. The van der Waals surface area contributed by atoms with Gasteiger partial charge in [0.05, 0.1) is 12.0 Å². The van der Waals surface area contributed by atoms with Gasteiger partial charge in [0.15, 0.2) is 0 Å². The van der Waals surface area contributed by atoms with Crippen molar-refractivity contribution >= 4 is 33.3 Å². The van der Waals surface area contributed by atoms with Crippen molar-refractivity contribution < 1.29 is 4.74 Å². The van der Waals surface area contributed by atoms with Crippen LogP contribution in [0, 0.1) is 0 Å². The second-order valence-electron chi connectivity index (χ2n) is 4.47. The lowest BCUT2D eigenvalue weighted by Crippen LogP contribution is -2.28. The molecule has 0 radical (unpaired) electrons. The van der Waals surface area contributed by atoms with Crippen LogP contribution in [-0.4, -0.2) is 36.3 Å². The average molecular weight is 294 g/mol. The van der Waals surface area contributed by atoms with E-state index in [1.54, 1.807) is 11.3 Å². The molecule has 2 heterocycles. The van der Waals surface area contributed by atoms with Crippen LogP contribution in [0.2, 0.25) is 0 Å². The summed E-state index contributed by atoms with van der Waals surface area (Å²) in [4.78, 5) is 13.3. The maximum Gasteiger partial charge on any atom is 0.223 e. The number of fused-ring (bicyclic) bond motifs is 1. The molecule has 0 saturated heterocycles. The molecular formula is C14H22N4OS. The van der Waals surface area contributed by atoms with Crippen LogP contribution in [0.4, 0.5) is 11.8 Å². The number of hydrogen-bond acceptors (Lipinski definition) is 6. The third-order valence-corrected chi connectivity index (χ3v) is 4.35. The summed E-state index contributed by atoms with van der Waals surface area (Å²) >= 11 is 1.69. The number of likely N-dealkylation sites (N-methyl/N-ethyl adjacent to an activating group) is 1. The van der Waals surface area contributed by atoms with Gasteiger partial charge in [0.25, 0.3) is 0 Å². The van der Waals surface area contributed by atoms with Crippen LogP contribution in [-0.2, 0) is 11.2 Å². The second kappa shape index (κ2) is 6.85. The van der Waals surface area contributed by atoms with Gasteiger partial charge >= 0.3 is 0 Å². The lowest BCUT2D eigenvalue weighted by molar-refractivity contribution is 0.154. The second-order valence-corrected chi connectivity index (χ2v) is 5.58. The van der Waals surface area contributed by atoms with Gasteiger partial charge in [0.2, 0.25) is 5.95 Å². The lowest BCUT2D eigenvalue weighted by atomic mass is 10.3. The quantitative estimate of drug-likeness (QED) is 0.795. The molecule has 6 heteroatoms. The Labute approximate surface area is 123 Å². The number of rotatable bonds is 7. The third kappa shape index (κ3) is 3.19. The topological polar surface area (TPSA) is 64.3 Å². The van der Waals surface area contributed by atoms with E-state index in [9.17, 15) is 0 Å². The molecule has 110 valence electrons. The molecule has 0 aliphatic rings. The van der Waals surface area contributed by atoms with Crippen LogP contribution >= 0.6 is 11.3 Å². The van der Waals surface area contributed by atoms with Gasteiger partial charge in [-0.2, -0.15) is 4.98 Å². The van der Waals surface area contributed by atoms with E-state index in [4.69, 9.17) is 10.5 Å². The zero-order valence-corrected chi connectivity index (χ0v) is 13.2. The molecule has 0 amide bonds. The summed E-state index contributed by atoms with van der Waals surface area (Å²) in [5.41, 5.74) is 5.85. The zero-order valence-electron chi connectivity index (χ0n) is 12.3. The fraction of sp³-hybridized carbons (Fsp3) is 0.571. The monoisotopic (exact) mass is 294 g/mol. The standard InChI is InChI=1S/C14H22N4OS/c1-4-10-9-11-12(16-14(15)17-13(11)20-10)18(5-2)7-8-19-6-3/h9H,4-8H2,1-3H3,(H2,15,16,17). The average Bonchev–Trinajstić information content (AvgIpc) is 2.86. The van der Waals surface area contributed by atoms with E-state index in [2.05, 4.69) is 34.8 Å². The predicted octanol–water partition coefficient (Wildman–Crippen LogP) is 2.70. The van der Waals surface area contributed by atoms with Crippen molar-refractivity contribution in [2.45, 2.75) is 27.2 Å². The highest BCUT2D eigenvalue weighted by Crippen LogP contribution is 2.31. The summed E-state index contributed by atoms with van der Waals surface area (Å²) in [6.07, 6.45) is 1.01. The molecule has 0 unspecified atom stereocenters. The maximum atomic E-state index is 5.85. The van der Waals surface area contributed by atoms with Crippen molar-refractivity contribution in [3.05, 3.63) is 10.9 Å². The van der Waals surface area contributed by atoms with Crippen LogP contribution in [0.1, 0.15) is 25.6 Å². The Balaban J connectivity index is 2.36. The van der Waals surface area contributed by atoms with E-state index in [0.29, 0.717) is 12.6 Å². The van der Waals surface area contributed by atoms with Crippen molar-refractivity contribution in [3.63, 3.8) is 0 Å². The van der Waals surface area contributed by atoms with Gasteiger partial charge in [-0.3, -0.25) is 0 Å². The third-order valence-electron chi connectivity index (χ3n) is 3.18. The lowest BCUT2D eigenvalue weighted by Gasteiger charge is -2.22. The first kappa shape index (κ1) is 15.0. The smallest absolute Gasteiger partial charge is 0.223 e. The molecule has 0 aromatic carbocycles. The van der Waals surface area contributed by atoms with Crippen molar-refractivity contribution in [2.75, 3.05) is 36.9 Å². The Morgan fingerprint density at radius 1 is 1.30 bits per heavy atom. The van der Waals surface area contributed by atoms with Gasteiger partial charge in [-0.1, -0.05) is 6.92 Å². The van der Waals surface area contributed by atoms with Gasteiger partial charge in [-0.25, -0.2) is 4.98 Å². The van der Waals surface area contributed by atoms with Gasteiger partial charge in [-0.15, -0.1) is 11.3 Å². The predicted molar refractivity (Wildman–Crippen MR) is 85.6 cm³/mol. The number of nitrogen functional groups attached to an aromatic ring is 1. The van der Waals surface area contributed by atoms with Gasteiger partial charge in [0.1, 0.15) is 10.6 Å². The van der Waals surface area contributed by atoms with Crippen LogP contribution in [0.15, 0.2) is 6.07 Å².